The van der Waals surface area contributed by atoms with Gasteiger partial charge in [-0.25, -0.2) is 17.3 Å². The van der Waals surface area contributed by atoms with Crippen LogP contribution in [0.4, 0.5) is 0 Å². The molecule has 0 saturated heterocycles. The molecule has 0 aliphatic carbocycles. The van der Waals surface area contributed by atoms with E-state index in [1.54, 1.807) is 0 Å². The molecule has 28 heavy (non-hydrogen) atoms. The van der Waals surface area contributed by atoms with Gasteiger partial charge in [-0.15, -0.1) is 0 Å². The number of hydrogen-bond acceptors (Lipinski definition) is 8. The van der Waals surface area contributed by atoms with E-state index in [1.807, 2.05) is 0 Å². The van der Waals surface area contributed by atoms with Crippen LogP contribution in [0.5, 0.6) is 0 Å². The summed E-state index contributed by atoms with van der Waals surface area (Å²) in [5.41, 5.74) is 0. The molecule has 160 valence electrons. The fraction of sp³-hybridized carbons (Fsp3) is 1.00. The molecule has 0 aromatic rings. The first-order chi connectivity index (χ1) is 11.8. The van der Waals surface area contributed by atoms with Crippen molar-refractivity contribution in [3.63, 3.8) is 0 Å². The first kappa shape index (κ1) is 37.4. The third-order valence-electron chi connectivity index (χ3n) is 2.94. The molecule has 3 N–H and O–H groups in total. The van der Waals surface area contributed by atoms with E-state index < -0.39 is 26.0 Å². The van der Waals surface area contributed by atoms with Gasteiger partial charge in [0.05, 0.1) is 6.61 Å². The molecular weight excluding hydrogens is 460 g/mol. The smallest absolute Gasteiger partial charge is 0.756 e. The van der Waals surface area contributed by atoms with Crippen LogP contribution < -0.4 is 64.0 Å². The maximum Gasteiger partial charge on any atom is 1.00 e. The molecule has 11 nitrogen and oxygen atoms in total. The number of phosphoric acid groups is 2. The topological polar surface area (TPSA) is 194 Å². The maximum absolute atomic E-state index is 10.1. The number of hydrogen-bond donors (Lipinski definition) is 3. The van der Waals surface area contributed by atoms with Gasteiger partial charge in [-0.2, -0.15) is 0 Å². The number of unbranched alkanes of at least 4 members (excludes halogenated alkanes) is 9. The molecule has 0 amide bonds. The third kappa shape index (κ3) is 42.3. The van der Waals surface area contributed by atoms with Crippen molar-refractivity contribution in [1.29, 1.82) is 0 Å². The van der Waals surface area contributed by atoms with Crippen LogP contribution in [0.25, 0.3) is 0 Å². The largest absolute Gasteiger partial charge is 1.00 e. The summed E-state index contributed by atoms with van der Waals surface area (Å²) in [6.07, 6.45) is 11.7. The van der Waals surface area contributed by atoms with E-state index in [0.717, 1.165) is 12.8 Å². The van der Waals surface area contributed by atoms with E-state index in [-0.39, 0.29) is 65.7 Å². The maximum atomic E-state index is 10.1. The van der Waals surface area contributed by atoms with Gasteiger partial charge in [-0.05, 0) is 6.42 Å². The summed E-state index contributed by atoms with van der Waals surface area (Å²) in [6.45, 7) is 2.24. The van der Waals surface area contributed by atoms with E-state index in [2.05, 4.69) is 15.4 Å². The van der Waals surface area contributed by atoms with Crippen LogP contribution in [-0.4, -0.2) is 34.3 Å². The molecular formula is C12H28Na2O11P2S. The van der Waals surface area contributed by atoms with E-state index in [4.69, 9.17) is 14.7 Å². The standard InChI is InChI=1S/C12H26O4S.2Na.H4O7P2/c1-2-3-4-5-6-7-8-9-10-11-12-16-17(13,14)15;;;1-8(2,3)7-9(4,5)6/h2-12H2,1H3,(H,13,14,15);;;(H2,1,2,3)(H2,4,5,6)/q;2*+1;/p-2. The normalized spacial score (nSPS) is 13.4. The van der Waals surface area contributed by atoms with Crippen molar-refractivity contribution in [2.24, 2.45) is 0 Å². The molecule has 0 aliphatic heterocycles. The quantitative estimate of drug-likeness (QED) is 0.0708. The van der Waals surface area contributed by atoms with Crippen molar-refractivity contribution in [1.82, 2.24) is 0 Å². The van der Waals surface area contributed by atoms with E-state index in [1.165, 1.54) is 44.9 Å². The Bertz CT molecular complexity index is 516. The first-order valence-electron chi connectivity index (χ1n) is 8.18. The molecule has 0 bridgehead atoms. The van der Waals surface area contributed by atoms with Crippen LogP contribution in [0, 0.1) is 0 Å². The molecule has 0 aliphatic rings. The SMILES string of the molecule is CCCCCCCCCCCCOS(=O)(=O)[O-].O=P([O-])(O)OP(=O)(O)O.[Na+].[Na+]. The van der Waals surface area contributed by atoms with Crippen LogP contribution in [-0.2, 0) is 28.0 Å². The van der Waals surface area contributed by atoms with Gasteiger partial charge in [-0.3, -0.25) is 8.75 Å². The Morgan fingerprint density at radius 2 is 1.18 bits per heavy atom. The molecule has 0 radical (unpaired) electrons. The van der Waals surface area contributed by atoms with Gasteiger partial charge in [0, 0.05) is 0 Å². The van der Waals surface area contributed by atoms with E-state index >= 15 is 0 Å². The minimum absolute atomic E-state index is 0. The summed E-state index contributed by atoms with van der Waals surface area (Å²) >= 11 is 0. The van der Waals surface area contributed by atoms with E-state index in [0.29, 0.717) is 6.42 Å². The van der Waals surface area contributed by atoms with Gasteiger partial charge < -0.3 is 24.1 Å². The Labute approximate surface area is 211 Å². The molecule has 0 aromatic heterocycles. The molecule has 1 atom stereocenters. The second-order valence-electron chi connectivity index (χ2n) is 5.45. The van der Waals surface area contributed by atoms with Crippen LogP contribution in [0.15, 0.2) is 0 Å². The predicted octanol–water partition coefficient (Wildman–Crippen LogP) is -4.05. The third-order valence-corrected chi connectivity index (χ3v) is 5.07. The Kier molecular flexibility index (Phi) is 28.1. The van der Waals surface area contributed by atoms with Crippen molar-refractivity contribution in [3.8, 4) is 0 Å². The fourth-order valence-corrected chi connectivity index (χ4v) is 3.28. The van der Waals surface area contributed by atoms with Crippen LogP contribution in [0.3, 0.4) is 0 Å². The minimum Gasteiger partial charge on any atom is -0.756 e. The zero-order valence-electron chi connectivity index (χ0n) is 16.7. The molecule has 0 heterocycles. The summed E-state index contributed by atoms with van der Waals surface area (Å²) in [6, 6.07) is 0. The summed E-state index contributed by atoms with van der Waals surface area (Å²) in [5.74, 6) is 0. The Morgan fingerprint density at radius 1 is 0.821 bits per heavy atom. The van der Waals surface area contributed by atoms with Gasteiger partial charge in [0.2, 0.25) is 10.4 Å². The molecule has 16 heteroatoms. The van der Waals surface area contributed by atoms with Gasteiger partial charge in [0.1, 0.15) is 0 Å². The van der Waals surface area contributed by atoms with Gasteiger partial charge in [0.15, 0.2) is 0 Å². The molecule has 0 aromatic carbocycles. The molecule has 0 spiro atoms. The average Bonchev–Trinajstić information content (AvgIpc) is 2.40. The Hall–Kier alpha value is 2.13. The zero-order valence-corrected chi connectivity index (χ0v) is 23.3. The Balaban J connectivity index is -0.000000225. The summed E-state index contributed by atoms with van der Waals surface area (Å²) in [5, 5.41) is 0. The molecule has 0 fully saturated rings. The zero-order chi connectivity index (χ0) is 20.7. The molecule has 0 saturated carbocycles. The van der Waals surface area contributed by atoms with Crippen molar-refractivity contribution < 1.29 is 109 Å². The second kappa shape index (κ2) is 21.0. The van der Waals surface area contributed by atoms with Crippen molar-refractivity contribution in [2.75, 3.05) is 6.61 Å². The van der Waals surface area contributed by atoms with Crippen molar-refractivity contribution in [3.05, 3.63) is 0 Å². The molecule has 1 unspecified atom stereocenters. The van der Waals surface area contributed by atoms with Crippen LogP contribution in [0.2, 0.25) is 0 Å². The van der Waals surface area contributed by atoms with Crippen LogP contribution >= 0.6 is 15.6 Å². The summed E-state index contributed by atoms with van der Waals surface area (Å²) in [7, 11) is -14.9. The van der Waals surface area contributed by atoms with Crippen molar-refractivity contribution >= 4 is 26.0 Å². The first-order valence-corrected chi connectivity index (χ1v) is 12.5. The average molecular weight is 488 g/mol. The van der Waals surface area contributed by atoms with Crippen molar-refractivity contribution in [2.45, 2.75) is 71.1 Å². The van der Waals surface area contributed by atoms with Gasteiger partial charge in [-0.1, -0.05) is 64.7 Å². The monoisotopic (exact) mass is 488 g/mol. The summed E-state index contributed by atoms with van der Waals surface area (Å²) in [4.78, 5) is 32.6. The second-order valence-corrected chi connectivity index (χ2v) is 9.08. The van der Waals surface area contributed by atoms with Gasteiger partial charge >= 0.3 is 66.9 Å². The summed E-state index contributed by atoms with van der Waals surface area (Å²) < 4.78 is 56.4. The molecule has 0 rings (SSSR count). The van der Waals surface area contributed by atoms with E-state index in [9.17, 15) is 27.0 Å². The van der Waals surface area contributed by atoms with Gasteiger partial charge in [0.25, 0.3) is 7.82 Å². The minimum atomic E-state index is -5.30. The number of rotatable bonds is 14. The predicted molar refractivity (Wildman–Crippen MR) is 90.4 cm³/mol. The Morgan fingerprint density at radius 3 is 1.43 bits per heavy atom. The van der Waals surface area contributed by atoms with Crippen LogP contribution in [0.1, 0.15) is 71.1 Å². The fourth-order valence-electron chi connectivity index (χ4n) is 1.88.